The van der Waals surface area contributed by atoms with Crippen LogP contribution in [0.2, 0.25) is 0 Å². The Morgan fingerprint density at radius 1 is 0.633 bits per heavy atom. The van der Waals surface area contributed by atoms with Crippen LogP contribution in [0.1, 0.15) is 30.5 Å². The number of carbonyl (C=O) groups is 2. The second-order valence-corrected chi connectivity index (χ2v) is 11.7. The van der Waals surface area contributed by atoms with Crippen molar-refractivity contribution in [2.75, 3.05) is 20.3 Å². The normalized spacial score (nSPS) is 26.6. The lowest BCUT2D eigenvalue weighted by Crippen LogP contribution is -2.62. The summed E-state index contributed by atoms with van der Waals surface area (Å²) in [6.45, 7) is 3.47. The van der Waals surface area contributed by atoms with Crippen molar-refractivity contribution in [2.24, 2.45) is 0 Å². The minimum absolute atomic E-state index is 0.138. The molecule has 8 atom stereocenters. The van der Waals surface area contributed by atoms with Crippen LogP contribution in [0.25, 0.3) is 0 Å². The molecule has 1 fully saturated rings. The minimum Gasteiger partial charge on any atom is -0.463 e. The van der Waals surface area contributed by atoms with Gasteiger partial charge in [0.1, 0.15) is 43.2 Å². The van der Waals surface area contributed by atoms with Crippen molar-refractivity contribution in [2.45, 2.75) is 82.9 Å². The molecule has 0 spiro atoms. The molecular weight excluding hydrogens is 632 g/mol. The van der Waals surface area contributed by atoms with Crippen LogP contribution in [0.5, 0.6) is 0 Å². The number of benzene rings is 3. The van der Waals surface area contributed by atoms with Crippen LogP contribution in [0, 0.1) is 0 Å². The second-order valence-electron chi connectivity index (χ2n) is 11.7. The first-order chi connectivity index (χ1) is 23.9. The van der Waals surface area contributed by atoms with Gasteiger partial charge < -0.3 is 42.6 Å². The van der Waals surface area contributed by atoms with Crippen LogP contribution in [-0.4, -0.2) is 81.5 Å². The third kappa shape index (κ3) is 11.0. The molecule has 0 amide bonds. The molecule has 0 N–H and O–H groups in total. The maximum absolute atomic E-state index is 11.8. The maximum Gasteiger partial charge on any atom is 0.303 e. The van der Waals surface area contributed by atoms with Gasteiger partial charge in [0.25, 0.3) is 0 Å². The van der Waals surface area contributed by atoms with Gasteiger partial charge >= 0.3 is 11.9 Å². The van der Waals surface area contributed by atoms with Gasteiger partial charge in [-0.2, -0.15) is 0 Å². The van der Waals surface area contributed by atoms with Gasteiger partial charge in [-0.15, -0.1) is 0 Å². The number of rotatable bonds is 16. The largest absolute Gasteiger partial charge is 0.463 e. The second kappa shape index (κ2) is 18.7. The summed E-state index contributed by atoms with van der Waals surface area (Å²) in [4.78, 5) is 23.5. The summed E-state index contributed by atoms with van der Waals surface area (Å²) in [5, 5.41) is 0. The van der Waals surface area contributed by atoms with E-state index in [1.54, 1.807) is 19.3 Å². The van der Waals surface area contributed by atoms with Gasteiger partial charge in [0.2, 0.25) is 0 Å². The number of ether oxygens (including phenoxy) is 9. The van der Waals surface area contributed by atoms with Gasteiger partial charge in [0, 0.05) is 21.0 Å². The fourth-order valence-electron chi connectivity index (χ4n) is 5.62. The average Bonchev–Trinajstić information content (AvgIpc) is 3.11. The Balaban J connectivity index is 1.43. The Kier molecular flexibility index (Phi) is 13.9. The molecule has 0 aliphatic carbocycles. The van der Waals surface area contributed by atoms with Crippen molar-refractivity contribution >= 4 is 11.9 Å². The average molecular weight is 677 g/mol. The van der Waals surface area contributed by atoms with E-state index in [1.165, 1.54) is 13.8 Å². The summed E-state index contributed by atoms with van der Waals surface area (Å²) >= 11 is 0. The summed E-state index contributed by atoms with van der Waals surface area (Å²) in [5.41, 5.74) is 2.93. The van der Waals surface area contributed by atoms with Crippen LogP contribution in [-0.2, 0) is 72.0 Å². The van der Waals surface area contributed by atoms with Crippen LogP contribution in [0.3, 0.4) is 0 Å². The lowest BCUT2D eigenvalue weighted by Gasteiger charge is -2.46. The van der Waals surface area contributed by atoms with E-state index in [0.717, 1.165) is 16.7 Å². The molecule has 1 saturated heterocycles. The molecule has 6 unspecified atom stereocenters. The van der Waals surface area contributed by atoms with E-state index in [0.29, 0.717) is 6.61 Å². The lowest BCUT2D eigenvalue weighted by molar-refractivity contribution is -0.339. The van der Waals surface area contributed by atoms with Crippen molar-refractivity contribution in [3.8, 4) is 0 Å². The first-order valence-corrected chi connectivity index (χ1v) is 16.3. The van der Waals surface area contributed by atoms with Crippen molar-refractivity contribution in [3.63, 3.8) is 0 Å². The molecule has 11 heteroatoms. The SMILES string of the molecule is COC1OC(COCc2ccccc2)C(O[C@@H]2C=C[C@H](OC(C)=O)C(COC(C)=O)O2)C(OCc2ccccc2)C1OCc1ccccc1. The molecule has 262 valence electrons. The van der Waals surface area contributed by atoms with Gasteiger partial charge in [-0.1, -0.05) is 91.0 Å². The van der Waals surface area contributed by atoms with E-state index < -0.39 is 61.1 Å². The summed E-state index contributed by atoms with van der Waals surface area (Å²) in [5.74, 6) is -0.993. The zero-order chi connectivity index (χ0) is 34.4. The van der Waals surface area contributed by atoms with E-state index in [9.17, 15) is 9.59 Å². The van der Waals surface area contributed by atoms with E-state index in [-0.39, 0.29) is 26.4 Å². The monoisotopic (exact) mass is 676 g/mol. The molecule has 2 heterocycles. The fourth-order valence-corrected chi connectivity index (χ4v) is 5.62. The third-order valence-corrected chi connectivity index (χ3v) is 7.97. The van der Waals surface area contributed by atoms with Crippen molar-refractivity contribution in [1.82, 2.24) is 0 Å². The molecule has 0 saturated carbocycles. The van der Waals surface area contributed by atoms with Crippen LogP contribution in [0.4, 0.5) is 0 Å². The highest BCUT2D eigenvalue weighted by molar-refractivity contribution is 5.66. The number of hydrogen-bond acceptors (Lipinski definition) is 11. The highest BCUT2D eigenvalue weighted by Gasteiger charge is 2.50. The summed E-state index contributed by atoms with van der Waals surface area (Å²) in [6, 6.07) is 29.4. The standard InChI is InChI=1S/C38H44O11/c1-26(39)43-25-32-31(46-27(2)40)19-20-34(47-32)49-35-33(24-42-21-28-13-7-4-8-14-28)48-38(41-3)37(45-23-30-17-11-6-12-18-30)36(35)44-22-29-15-9-5-10-16-29/h4-20,31-38H,21-25H2,1-3H3/t31-,32?,33?,34+,35?,36?,37?,38?/m0/s1. The van der Waals surface area contributed by atoms with Crippen LogP contribution < -0.4 is 0 Å². The molecule has 0 bridgehead atoms. The van der Waals surface area contributed by atoms with Crippen LogP contribution in [0.15, 0.2) is 103 Å². The Morgan fingerprint density at radius 2 is 1.20 bits per heavy atom. The molecule has 11 nitrogen and oxygen atoms in total. The topological polar surface area (TPSA) is 117 Å². The van der Waals surface area contributed by atoms with Gasteiger partial charge in [-0.3, -0.25) is 9.59 Å². The molecule has 2 aliphatic heterocycles. The quantitative estimate of drug-likeness (QED) is 0.152. The van der Waals surface area contributed by atoms with E-state index in [2.05, 4.69) is 0 Å². The van der Waals surface area contributed by atoms with Crippen molar-refractivity contribution in [3.05, 3.63) is 120 Å². The van der Waals surface area contributed by atoms with Gasteiger partial charge in [0.05, 0.1) is 26.4 Å². The van der Waals surface area contributed by atoms with E-state index in [1.807, 2.05) is 91.0 Å². The first kappa shape index (κ1) is 36.3. The molecule has 5 rings (SSSR count). The van der Waals surface area contributed by atoms with Gasteiger partial charge in [-0.25, -0.2) is 0 Å². The van der Waals surface area contributed by atoms with Crippen molar-refractivity contribution < 1.29 is 52.2 Å². The van der Waals surface area contributed by atoms with Gasteiger partial charge in [0.15, 0.2) is 12.6 Å². The Bertz CT molecular complexity index is 1450. The van der Waals surface area contributed by atoms with Crippen LogP contribution >= 0.6 is 0 Å². The molecular formula is C38H44O11. The predicted octanol–water partition coefficient (Wildman–Crippen LogP) is 4.91. The molecule has 49 heavy (non-hydrogen) atoms. The Morgan fingerprint density at radius 3 is 1.76 bits per heavy atom. The highest BCUT2D eigenvalue weighted by Crippen LogP contribution is 2.32. The molecule has 2 aliphatic rings. The zero-order valence-corrected chi connectivity index (χ0v) is 28.0. The predicted molar refractivity (Wildman–Crippen MR) is 177 cm³/mol. The number of esters is 2. The minimum atomic E-state index is -0.950. The Hall–Kier alpha value is -3.94. The first-order valence-electron chi connectivity index (χ1n) is 16.3. The number of hydrogen-bond donors (Lipinski definition) is 0. The van der Waals surface area contributed by atoms with E-state index in [4.69, 9.17) is 42.6 Å². The Labute approximate surface area is 286 Å². The molecule has 0 aromatic heterocycles. The highest BCUT2D eigenvalue weighted by atomic mass is 16.7. The van der Waals surface area contributed by atoms with Gasteiger partial charge in [-0.05, 0) is 28.8 Å². The number of carbonyl (C=O) groups excluding carboxylic acids is 2. The number of methoxy groups -OCH3 is 1. The summed E-state index contributed by atoms with van der Waals surface area (Å²) in [7, 11) is 1.56. The van der Waals surface area contributed by atoms with E-state index >= 15 is 0 Å². The fraction of sp³-hybridized carbons (Fsp3) is 0.421. The lowest BCUT2D eigenvalue weighted by atomic mass is 9.97. The van der Waals surface area contributed by atoms with Crippen molar-refractivity contribution in [1.29, 1.82) is 0 Å². The summed E-state index contributed by atoms with van der Waals surface area (Å²) in [6.07, 6.45) is -2.97. The molecule has 0 radical (unpaired) electrons. The zero-order valence-electron chi connectivity index (χ0n) is 28.0. The molecule has 3 aromatic rings. The third-order valence-electron chi connectivity index (χ3n) is 7.97. The smallest absolute Gasteiger partial charge is 0.303 e. The summed E-state index contributed by atoms with van der Waals surface area (Å²) < 4.78 is 55.2. The molecule has 3 aromatic carbocycles. The maximum atomic E-state index is 11.8.